The summed E-state index contributed by atoms with van der Waals surface area (Å²) in [5.74, 6) is -5.81. The van der Waals surface area contributed by atoms with Gasteiger partial charge >= 0.3 is 41.9 Å². The molecule has 1 fully saturated rings. The van der Waals surface area contributed by atoms with Crippen LogP contribution in [-0.2, 0) is 73.1 Å². The van der Waals surface area contributed by atoms with Gasteiger partial charge in [0.25, 0.3) is 0 Å². The molecule has 0 spiro atoms. The molecule has 0 bridgehead atoms. The number of aromatic nitrogens is 2. The third-order valence-corrected chi connectivity index (χ3v) is 12.4. The fourth-order valence-electron chi connectivity index (χ4n) is 7.32. The monoisotopic (exact) mass is 1020 g/mol. The van der Waals surface area contributed by atoms with E-state index in [1.54, 1.807) is 0 Å². The zero-order valence-corrected chi connectivity index (χ0v) is 41.8. The summed E-state index contributed by atoms with van der Waals surface area (Å²) in [6.07, 6.45) is 5.85. The number of esters is 5. The molecule has 1 aliphatic rings. The minimum Gasteiger partial charge on any atom is -0.481 e. The molecule has 0 aromatic carbocycles. The van der Waals surface area contributed by atoms with E-state index in [0.29, 0.717) is 40.5 Å². The highest BCUT2D eigenvalue weighted by Gasteiger charge is 2.43. The Morgan fingerprint density at radius 3 is 1.59 bits per heavy atom. The van der Waals surface area contributed by atoms with Crippen molar-refractivity contribution < 1.29 is 76.6 Å². The quantitative estimate of drug-likeness (QED) is 0.0144. The second-order valence-electron chi connectivity index (χ2n) is 17.3. The fourth-order valence-corrected chi connectivity index (χ4v) is 9.36. The molecule has 20 nitrogen and oxygen atoms in total. The molecular weight excluding hydrogens is 961 g/mol. The smallest absolute Gasteiger partial charge is 0.407 e. The summed E-state index contributed by atoms with van der Waals surface area (Å²) in [7, 11) is 0. The van der Waals surface area contributed by atoms with Gasteiger partial charge in [0.1, 0.15) is 49.3 Å². The van der Waals surface area contributed by atoms with Crippen molar-refractivity contribution in [1.82, 2.24) is 20.6 Å². The topological polar surface area (TPSA) is 274 Å². The molecule has 380 valence electrons. The largest absolute Gasteiger partial charge is 0.481 e. The average Bonchev–Trinajstić information content (AvgIpc) is 3.31. The minimum absolute atomic E-state index is 0.00401. The summed E-state index contributed by atoms with van der Waals surface area (Å²) in [4.78, 5) is 107. The van der Waals surface area contributed by atoms with Crippen molar-refractivity contribution in [3.05, 3.63) is 73.5 Å². The maximum atomic E-state index is 13.5. The first-order chi connectivity index (χ1) is 32.5. The van der Waals surface area contributed by atoms with E-state index in [0.717, 1.165) is 59.5 Å². The molecule has 1 saturated carbocycles. The molecule has 0 aliphatic heterocycles. The number of aliphatic carboxylic acids is 1. The Bertz CT molecular complexity index is 2060. The Kier molecular flexibility index (Phi) is 24.6. The van der Waals surface area contributed by atoms with Gasteiger partial charge in [-0.3, -0.25) is 9.59 Å². The number of amides is 2. The van der Waals surface area contributed by atoms with Crippen LogP contribution < -0.4 is 10.6 Å². The lowest BCUT2D eigenvalue weighted by Crippen LogP contribution is -2.51. The second kappa shape index (κ2) is 28.6. The molecule has 1 aromatic rings. The fraction of sp³-hybridized carbons (Fsp3) is 0.522. The van der Waals surface area contributed by atoms with Crippen molar-refractivity contribution in [2.45, 2.75) is 69.6 Å². The molecule has 0 radical (unpaired) electrons. The van der Waals surface area contributed by atoms with E-state index in [4.69, 9.17) is 45.4 Å². The first kappa shape index (κ1) is 59.3. The first-order valence-corrected chi connectivity index (χ1v) is 23.7. The summed E-state index contributed by atoms with van der Waals surface area (Å²) in [6, 6.07) is -0.280. The van der Waals surface area contributed by atoms with Crippen LogP contribution in [0.3, 0.4) is 0 Å². The molecule has 1 aromatic heterocycles. The van der Waals surface area contributed by atoms with E-state index in [9.17, 15) is 43.5 Å². The molecule has 1 heterocycles. The van der Waals surface area contributed by atoms with E-state index in [1.807, 2.05) is 13.8 Å². The minimum atomic E-state index is -1.63. The number of hydrogen-bond donors (Lipinski definition) is 4. The molecule has 2 unspecified atom stereocenters. The lowest BCUT2D eigenvalue weighted by atomic mass is 9.62. The van der Waals surface area contributed by atoms with Gasteiger partial charge in [0.05, 0.1) is 35.5 Å². The van der Waals surface area contributed by atoms with E-state index in [-0.39, 0.29) is 35.4 Å². The lowest BCUT2D eigenvalue weighted by molar-refractivity contribution is -0.167. The number of hydrogen-bond acceptors (Lipinski definition) is 19. The van der Waals surface area contributed by atoms with E-state index < -0.39 is 111 Å². The number of aromatic amines is 1. The van der Waals surface area contributed by atoms with Crippen molar-refractivity contribution in [2.24, 2.45) is 21.7 Å². The lowest BCUT2D eigenvalue weighted by Gasteiger charge is -2.46. The van der Waals surface area contributed by atoms with Gasteiger partial charge in [-0.2, -0.15) is 0 Å². The van der Waals surface area contributed by atoms with Crippen LogP contribution >= 0.6 is 35.7 Å². The maximum absolute atomic E-state index is 13.5. The summed E-state index contributed by atoms with van der Waals surface area (Å²) in [6.45, 7) is 20.7. The Labute approximate surface area is 414 Å². The van der Waals surface area contributed by atoms with Crippen LogP contribution in [0, 0.1) is 26.3 Å². The summed E-state index contributed by atoms with van der Waals surface area (Å²) < 4.78 is 38.7. The number of thioether (sulfide) groups is 2. The predicted octanol–water partition coefficient (Wildman–Crippen LogP) is 5.03. The number of carboxylic acids is 1. The number of carboxylic acid groups (broad SMARTS) is 1. The van der Waals surface area contributed by atoms with E-state index >= 15 is 0 Å². The summed E-state index contributed by atoms with van der Waals surface area (Å²) in [5, 5.41) is 15.9. The highest BCUT2D eigenvalue weighted by Crippen LogP contribution is 2.46. The SMILES string of the molecule is C=CC(=O)OCC(COCC(COC(=O)C=C)(COC(=O)C=C)COC(=O)NCC1(C)CC(NC(=O)CSc2nc(SCC(=O)O)c(CC)c(=S)[nH]2)CC(C)(C)C1)(COC(=O)C=C)COC(=O)C=C. The zero-order valence-electron chi connectivity index (χ0n) is 39.3. The normalized spacial score (nSPS) is 16.3. The average molecular weight is 1020 g/mol. The van der Waals surface area contributed by atoms with Gasteiger partial charge < -0.3 is 53.9 Å². The van der Waals surface area contributed by atoms with Crippen LogP contribution in [0.2, 0.25) is 0 Å². The van der Waals surface area contributed by atoms with Gasteiger partial charge in [-0.25, -0.2) is 33.8 Å². The molecule has 4 N–H and O–H groups in total. The number of carbonyl (C=O) groups is 8. The van der Waals surface area contributed by atoms with Gasteiger partial charge in [-0.15, -0.1) is 0 Å². The Hall–Kier alpha value is -5.78. The molecule has 2 atom stereocenters. The molecule has 2 amide bonds. The number of H-pyrrole nitrogens is 1. The van der Waals surface area contributed by atoms with Crippen LogP contribution in [0.5, 0.6) is 0 Å². The van der Waals surface area contributed by atoms with Crippen LogP contribution in [0.1, 0.15) is 52.5 Å². The van der Waals surface area contributed by atoms with Gasteiger partial charge in [-0.05, 0) is 36.5 Å². The number of rotatable bonds is 31. The molecule has 23 heteroatoms. The van der Waals surface area contributed by atoms with Gasteiger partial charge in [0.2, 0.25) is 5.91 Å². The number of ether oxygens (including phenoxy) is 7. The van der Waals surface area contributed by atoms with Crippen LogP contribution in [0.15, 0.2) is 73.5 Å². The van der Waals surface area contributed by atoms with Crippen molar-refractivity contribution in [1.29, 1.82) is 0 Å². The Balaban J connectivity index is 2.30. The first-order valence-electron chi connectivity index (χ1n) is 21.3. The molecular formula is C46H62N4O16S3. The number of carbonyl (C=O) groups excluding carboxylic acids is 7. The van der Waals surface area contributed by atoms with E-state index in [2.05, 4.69) is 67.3 Å². The standard InChI is InChI=1S/C46H62N4O16S3/c1-10-31-39(67)49-41(50-40(31)68-19-33(52)53)69-18-32(51)48-30-16-43(7,8)20-44(9,17-30)21-47-42(59)66-29-46(27-64-37(57)14-5,28-65-38(58)15-6)23-60-22-45(24-61-34(54)11-2,25-62-35(55)12-3)26-63-36(56)13-4/h11-15,30H,2-6,10,16-29H2,1,7-9H3,(H,47,59)(H,48,51)(H,52,53)(H,49,50,67). The van der Waals surface area contributed by atoms with Gasteiger partial charge in [0.15, 0.2) is 5.16 Å². The molecule has 69 heavy (non-hydrogen) atoms. The van der Waals surface area contributed by atoms with Crippen molar-refractivity contribution >= 4 is 83.6 Å². The Morgan fingerprint density at radius 1 is 0.725 bits per heavy atom. The highest BCUT2D eigenvalue weighted by molar-refractivity contribution is 8.00. The van der Waals surface area contributed by atoms with Crippen molar-refractivity contribution in [2.75, 3.05) is 70.9 Å². The third kappa shape index (κ3) is 21.6. The maximum Gasteiger partial charge on any atom is 0.407 e. The second-order valence-corrected chi connectivity index (χ2v) is 19.6. The highest BCUT2D eigenvalue weighted by atomic mass is 32.2. The van der Waals surface area contributed by atoms with Crippen LogP contribution in [-0.4, -0.2) is 140 Å². The van der Waals surface area contributed by atoms with Crippen molar-refractivity contribution in [3.63, 3.8) is 0 Å². The van der Waals surface area contributed by atoms with Gasteiger partial charge in [0, 0.05) is 48.5 Å². The van der Waals surface area contributed by atoms with Gasteiger partial charge in [-0.1, -0.05) is 96.3 Å². The number of nitrogens with zero attached hydrogens (tertiary/aromatic N) is 1. The molecule has 1 aliphatic carbocycles. The van der Waals surface area contributed by atoms with E-state index in [1.165, 1.54) is 0 Å². The Morgan fingerprint density at radius 2 is 1.17 bits per heavy atom. The summed E-state index contributed by atoms with van der Waals surface area (Å²) in [5.41, 5.74) is -3.30. The zero-order chi connectivity index (χ0) is 51.8. The number of alkyl carbamates (subject to hydrolysis) is 1. The third-order valence-electron chi connectivity index (χ3n) is 10.2. The van der Waals surface area contributed by atoms with Crippen LogP contribution in [0.4, 0.5) is 4.79 Å². The predicted molar refractivity (Wildman–Crippen MR) is 256 cm³/mol. The molecule has 2 rings (SSSR count). The van der Waals surface area contributed by atoms with Crippen LogP contribution in [0.25, 0.3) is 0 Å². The molecule has 0 saturated heterocycles. The van der Waals surface area contributed by atoms with Crippen molar-refractivity contribution in [3.8, 4) is 0 Å². The summed E-state index contributed by atoms with van der Waals surface area (Å²) >= 11 is 7.67. The number of nitrogens with one attached hydrogen (secondary N) is 3.